The van der Waals surface area contributed by atoms with E-state index in [0.717, 1.165) is 57.7 Å². The number of aryl methyl sites for hydroxylation is 1. The fourth-order valence-electron chi connectivity index (χ4n) is 5.96. The van der Waals surface area contributed by atoms with Crippen molar-refractivity contribution in [2.24, 2.45) is 12.8 Å². The molecule has 0 saturated carbocycles. The molecular formula is C30H39ClN10O3. The lowest BCUT2D eigenvalue weighted by molar-refractivity contribution is 0.242. The molecule has 0 aliphatic carbocycles. The summed E-state index contributed by atoms with van der Waals surface area (Å²) in [4.78, 5) is 43.0. The van der Waals surface area contributed by atoms with Crippen LogP contribution < -0.4 is 26.8 Å². The number of fused-ring (bicyclic) bond motifs is 1. The molecule has 0 bridgehead atoms. The average Bonchev–Trinajstić information content (AvgIpc) is 3.68. The number of nitrogens with zero attached hydrogens (tertiary/aromatic N) is 9. The van der Waals surface area contributed by atoms with Gasteiger partial charge in [-0.3, -0.25) is 23.4 Å². The van der Waals surface area contributed by atoms with Crippen molar-refractivity contribution in [1.29, 1.82) is 0 Å². The van der Waals surface area contributed by atoms with Crippen LogP contribution in [0.1, 0.15) is 26.2 Å². The van der Waals surface area contributed by atoms with Gasteiger partial charge < -0.3 is 20.1 Å². The average molecular weight is 623 g/mol. The number of anilines is 2. The number of piperidine rings is 1. The van der Waals surface area contributed by atoms with Crippen molar-refractivity contribution in [3.05, 3.63) is 51.2 Å². The van der Waals surface area contributed by atoms with Gasteiger partial charge in [0, 0.05) is 64.5 Å². The Labute approximate surface area is 261 Å². The van der Waals surface area contributed by atoms with Crippen molar-refractivity contribution in [2.75, 3.05) is 55.6 Å². The molecule has 2 fully saturated rings. The van der Waals surface area contributed by atoms with Gasteiger partial charge in [-0.05, 0) is 32.7 Å². The fourth-order valence-corrected chi connectivity index (χ4v) is 5.96. The lowest BCUT2D eigenvalue weighted by Gasteiger charge is -2.33. The van der Waals surface area contributed by atoms with Gasteiger partial charge in [0.05, 0.1) is 6.54 Å². The van der Waals surface area contributed by atoms with Gasteiger partial charge in [0.2, 0.25) is 11.8 Å². The quantitative estimate of drug-likeness (QED) is 0.288. The van der Waals surface area contributed by atoms with E-state index in [4.69, 9.17) is 15.2 Å². The Hall–Kier alpha value is -4.12. The molecule has 2 aliphatic heterocycles. The zero-order valence-electron chi connectivity index (χ0n) is 25.2. The lowest BCUT2D eigenvalue weighted by Crippen LogP contribution is -2.47. The van der Waals surface area contributed by atoms with E-state index in [1.807, 2.05) is 34.9 Å². The summed E-state index contributed by atoms with van der Waals surface area (Å²) in [6, 6.07) is 10.3. The summed E-state index contributed by atoms with van der Waals surface area (Å²) in [6.45, 7) is 7.77. The fraction of sp³-hybridized carbons (Fsp3) is 0.500. The summed E-state index contributed by atoms with van der Waals surface area (Å²) in [7, 11) is 1.68. The zero-order chi connectivity index (χ0) is 29.9. The Balaban J connectivity index is 0.00000384. The van der Waals surface area contributed by atoms with Crippen molar-refractivity contribution in [2.45, 2.75) is 45.3 Å². The summed E-state index contributed by atoms with van der Waals surface area (Å²) in [5, 5.41) is 4.14. The molecule has 234 valence electrons. The van der Waals surface area contributed by atoms with Crippen LogP contribution in [0, 0.1) is 11.8 Å². The standard InChI is InChI=1S/C30H38N10O3.ClH/c1-3-4-15-39-24-26(33-28(39)38-14-8-12-23(31)21-38)35(2)30(42)40(27(24)41)16-9-13-36-17-19-37(20-18-36)29-32-25(34-43-29)22-10-6-5-7-11-22;/h5-7,10-11,23H,8-9,12-21,31H2,1-2H3;1H/t23-;/m1./s1. The molecule has 0 spiro atoms. The molecule has 2 aliphatic rings. The predicted molar refractivity (Wildman–Crippen MR) is 172 cm³/mol. The Bertz CT molecular complexity index is 1760. The highest BCUT2D eigenvalue weighted by molar-refractivity contribution is 5.85. The van der Waals surface area contributed by atoms with Crippen LogP contribution in [0.3, 0.4) is 0 Å². The largest absolute Gasteiger partial charge is 0.341 e. The van der Waals surface area contributed by atoms with Crippen molar-refractivity contribution in [3.63, 3.8) is 0 Å². The summed E-state index contributed by atoms with van der Waals surface area (Å²) in [6.07, 6.45) is 2.57. The number of hydrogen-bond acceptors (Lipinski definition) is 10. The maximum absolute atomic E-state index is 13.8. The molecule has 0 radical (unpaired) electrons. The first-order valence-corrected chi connectivity index (χ1v) is 14.9. The second kappa shape index (κ2) is 13.7. The minimum absolute atomic E-state index is 0. The number of hydrogen-bond donors (Lipinski definition) is 1. The van der Waals surface area contributed by atoms with E-state index >= 15 is 0 Å². The van der Waals surface area contributed by atoms with E-state index in [1.165, 1.54) is 9.13 Å². The van der Waals surface area contributed by atoms with Crippen LogP contribution in [0.4, 0.5) is 12.0 Å². The van der Waals surface area contributed by atoms with Gasteiger partial charge in [0.1, 0.15) is 0 Å². The van der Waals surface area contributed by atoms with Gasteiger partial charge in [0.25, 0.3) is 5.56 Å². The molecule has 6 rings (SSSR count). The molecule has 13 nitrogen and oxygen atoms in total. The highest BCUT2D eigenvalue weighted by Crippen LogP contribution is 2.23. The van der Waals surface area contributed by atoms with E-state index in [-0.39, 0.29) is 29.7 Å². The molecule has 0 amide bonds. The summed E-state index contributed by atoms with van der Waals surface area (Å²) < 4.78 is 10.2. The minimum Gasteiger partial charge on any atom is -0.341 e. The third kappa shape index (κ3) is 6.24. The molecule has 14 heteroatoms. The van der Waals surface area contributed by atoms with Crippen molar-refractivity contribution in [1.82, 2.24) is 33.7 Å². The Morgan fingerprint density at radius 1 is 1.00 bits per heavy atom. The van der Waals surface area contributed by atoms with Gasteiger partial charge >= 0.3 is 11.7 Å². The van der Waals surface area contributed by atoms with Gasteiger partial charge in [-0.25, -0.2) is 4.79 Å². The molecule has 4 aromatic rings. The highest BCUT2D eigenvalue weighted by Gasteiger charge is 2.26. The summed E-state index contributed by atoms with van der Waals surface area (Å²) in [5.41, 5.74) is 7.26. The number of nitrogens with two attached hydrogens (primary N) is 1. The number of piperazine rings is 1. The number of benzene rings is 1. The Kier molecular flexibility index (Phi) is 9.73. The topological polar surface area (TPSA) is 136 Å². The molecule has 5 heterocycles. The van der Waals surface area contributed by atoms with Crippen LogP contribution in [0.15, 0.2) is 44.4 Å². The van der Waals surface area contributed by atoms with Crippen molar-refractivity contribution in [3.8, 4) is 23.2 Å². The first-order chi connectivity index (χ1) is 20.9. The minimum atomic E-state index is -0.360. The molecule has 1 aromatic carbocycles. The summed E-state index contributed by atoms with van der Waals surface area (Å²) in [5.74, 6) is 7.23. The number of rotatable bonds is 8. The van der Waals surface area contributed by atoms with E-state index in [0.29, 0.717) is 55.0 Å². The molecule has 3 aromatic heterocycles. The van der Waals surface area contributed by atoms with Crippen LogP contribution in [0.2, 0.25) is 0 Å². The predicted octanol–water partition coefficient (Wildman–Crippen LogP) is 1.53. The second-order valence-corrected chi connectivity index (χ2v) is 11.2. The number of halogens is 1. The highest BCUT2D eigenvalue weighted by atomic mass is 35.5. The van der Waals surface area contributed by atoms with E-state index in [9.17, 15) is 9.59 Å². The number of imidazole rings is 1. The van der Waals surface area contributed by atoms with Gasteiger partial charge in [0.15, 0.2) is 11.2 Å². The van der Waals surface area contributed by atoms with Gasteiger partial charge in [-0.2, -0.15) is 9.97 Å². The third-order valence-corrected chi connectivity index (χ3v) is 8.31. The van der Waals surface area contributed by atoms with Crippen LogP contribution in [-0.4, -0.2) is 85.6 Å². The SMILES string of the molecule is CC#CCn1c(N2CCC[C@@H](N)C2)nc2c1c(=O)n(CCCN1CCN(c3nc(-c4ccccc4)no3)CC1)c(=O)n2C.Cl. The normalized spacial score (nSPS) is 17.4. The monoisotopic (exact) mass is 622 g/mol. The maximum atomic E-state index is 13.8. The molecule has 2 saturated heterocycles. The third-order valence-electron chi connectivity index (χ3n) is 8.31. The van der Waals surface area contributed by atoms with E-state index < -0.39 is 0 Å². The number of aromatic nitrogens is 6. The second-order valence-electron chi connectivity index (χ2n) is 11.2. The van der Waals surface area contributed by atoms with E-state index in [1.54, 1.807) is 14.0 Å². The van der Waals surface area contributed by atoms with Crippen LogP contribution in [0.5, 0.6) is 0 Å². The first-order valence-electron chi connectivity index (χ1n) is 14.9. The molecule has 44 heavy (non-hydrogen) atoms. The van der Waals surface area contributed by atoms with Gasteiger partial charge in [-0.1, -0.05) is 41.4 Å². The van der Waals surface area contributed by atoms with Crippen LogP contribution in [-0.2, 0) is 20.1 Å². The van der Waals surface area contributed by atoms with Gasteiger partial charge in [-0.15, -0.1) is 18.3 Å². The van der Waals surface area contributed by atoms with Crippen molar-refractivity contribution < 1.29 is 4.52 Å². The first kappa shape index (κ1) is 31.3. The van der Waals surface area contributed by atoms with Crippen LogP contribution in [0.25, 0.3) is 22.6 Å². The molecular weight excluding hydrogens is 584 g/mol. The zero-order valence-corrected chi connectivity index (χ0v) is 26.0. The molecule has 0 unspecified atom stereocenters. The Morgan fingerprint density at radius 2 is 1.77 bits per heavy atom. The summed E-state index contributed by atoms with van der Waals surface area (Å²) >= 11 is 0. The maximum Gasteiger partial charge on any atom is 0.332 e. The molecule has 2 N–H and O–H groups in total. The smallest absolute Gasteiger partial charge is 0.332 e. The van der Waals surface area contributed by atoms with Crippen LogP contribution >= 0.6 is 12.4 Å². The lowest BCUT2D eigenvalue weighted by atomic mass is 10.1. The Morgan fingerprint density at radius 3 is 2.50 bits per heavy atom. The van der Waals surface area contributed by atoms with Crippen molar-refractivity contribution >= 4 is 35.5 Å². The molecule has 1 atom stereocenters. The van der Waals surface area contributed by atoms with E-state index in [2.05, 4.69) is 36.7 Å².